The van der Waals surface area contributed by atoms with E-state index in [4.69, 9.17) is 14.7 Å². The molecule has 2 fully saturated rings. The highest BCUT2D eigenvalue weighted by Gasteiger charge is 2.31. The molecule has 1 saturated carbocycles. The summed E-state index contributed by atoms with van der Waals surface area (Å²) in [6.07, 6.45) is 7.33. The minimum atomic E-state index is -3.62. The lowest BCUT2D eigenvalue weighted by Gasteiger charge is -2.25. The monoisotopic (exact) mass is 563 g/mol. The van der Waals surface area contributed by atoms with E-state index in [1.165, 1.54) is 6.26 Å². The SMILES string of the molecule is Cc1c(-c2ccc(Nc3cc(NC(=O)C4CC4)nc4c3nc(C)n4C3CCCCO3)c(S(C)(=O)=O)c2)cnn1C. The number of benzene rings is 1. The van der Waals surface area contributed by atoms with Crippen LogP contribution in [-0.4, -0.2) is 51.5 Å². The summed E-state index contributed by atoms with van der Waals surface area (Å²) in [7, 11) is -1.77. The Labute approximate surface area is 232 Å². The van der Waals surface area contributed by atoms with Crippen LogP contribution in [0.5, 0.6) is 0 Å². The standard InChI is InChI=1S/C28H33N7O4S/c1-16-20(15-29-34(16)3)19-10-11-21(23(13-19)40(4,37)38)31-22-14-24(33-28(36)18-8-9-18)32-27-26(22)30-17(2)35(27)25-7-5-6-12-39-25/h10-11,13-15,18,25H,5-9,12H2,1-4H3,(H2,31,32,33,36). The van der Waals surface area contributed by atoms with Gasteiger partial charge in [-0.25, -0.2) is 18.4 Å². The molecule has 1 aromatic carbocycles. The highest BCUT2D eigenvalue weighted by molar-refractivity contribution is 7.90. The summed E-state index contributed by atoms with van der Waals surface area (Å²) in [4.78, 5) is 22.4. The van der Waals surface area contributed by atoms with E-state index in [1.54, 1.807) is 29.1 Å². The third kappa shape index (κ3) is 4.97. The molecule has 1 saturated heterocycles. The molecule has 1 aliphatic carbocycles. The number of ether oxygens (including phenoxy) is 1. The fourth-order valence-corrected chi connectivity index (χ4v) is 6.06. The minimum absolute atomic E-state index is 0.00236. The summed E-state index contributed by atoms with van der Waals surface area (Å²) in [6, 6.07) is 7.00. The molecule has 11 nitrogen and oxygen atoms in total. The van der Waals surface area contributed by atoms with Crippen molar-refractivity contribution in [2.24, 2.45) is 13.0 Å². The number of imidazole rings is 1. The summed E-state index contributed by atoms with van der Waals surface area (Å²) in [5, 5.41) is 10.6. The molecule has 4 heterocycles. The molecule has 1 amide bonds. The van der Waals surface area contributed by atoms with Gasteiger partial charge in [0, 0.05) is 43.2 Å². The molecule has 6 rings (SSSR count). The molecule has 40 heavy (non-hydrogen) atoms. The van der Waals surface area contributed by atoms with Crippen LogP contribution in [0.15, 0.2) is 35.4 Å². The van der Waals surface area contributed by atoms with E-state index in [0.717, 1.165) is 54.7 Å². The number of sulfone groups is 1. The quantitative estimate of drug-likeness (QED) is 0.332. The number of pyridine rings is 1. The van der Waals surface area contributed by atoms with Crippen LogP contribution < -0.4 is 10.6 Å². The smallest absolute Gasteiger partial charge is 0.228 e. The summed E-state index contributed by atoms with van der Waals surface area (Å²) < 4.78 is 35.7. The van der Waals surface area contributed by atoms with Crippen LogP contribution in [0, 0.1) is 19.8 Å². The van der Waals surface area contributed by atoms with Gasteiger partial charge in [-0.15, -0.1) is 0 Å². The maximum Gasteiger partial charge on any atom is 0.228 e. The predicted molar refractivity (Wildman–Crippen MR) is 152 cm³/mol. The van der Waals surface area contributed by atoms with E-state index in [2.05, 4.69) is 15.7 Å². The van der Waals surface area contributed by atoms with Crippen molar-refractivity contribution < 1.29 is 17.9 Å². The molecular weight excluding hydrogens is 530 g/mol. The number of aromatic nitrogens is 5. The zero-order chi connectivity index (χ0) is 28.2. The number of hydrogen-bond donors (Lipinski definition) is 2. The van der Waals surface area contributed by atoms with E-state index in [1.807, 2.05) is 31.5 Å². The number of nitrogens with zero attached hydrogens (tertiary/aromatic N) is 5. The number of carbonyl (C=O) groups is 1. The number of fused-ring (bicyclic) bond motifs is 1. The molecule has 1 atom stereocenters. The Kier molecular flexibility index (Phi) is 6.62. The summed E-state index contributed by atoms with van der Waals surface area (Å²) >= 11 is 0. The zero-order valence-corrected chi connectivity index (χ0v) is 23.9. The van der Waals surface area contributed by atoms with Crippen LogP contribution in [0.4, 0.5) is 17.2 Å². The van der Waals surface area contributed by atoms with Gasteiger partial charge in [-0.3, -0.25) is 14.0 Å². The molecule has 3 aromatic heterocycles. The first-order valence-electron chi connectivity index (χ1n) is 13.5. The van der Waals surface area contributed by atoms with Crippen molar-refractivity contribution in [3.8, 4) is 11.1 Å². The predicted octanol–water partition coefficient (Wildman–Crippen LogP) is 4.64. The van der Waals surface area contributed by atoms with Crippen molar-refractivity contribution >= 4 is 44.1 Å². The fourth-order valence-electron chi connectivity index (χ4n) is 5.20. The van der Waals surface area contributed by atoms with Crippen LogP contribution in [0.25, 0.3) is 22.3 Å². The van der Waals surface area contributed by atoms with Gasteiger partial charge in [0.15, 0.2) is 15.5 Å². The Balaban J connectivity index is 1.47. The van der Waals surface area contributed by atoms with Crippen LogP contribution >= 0.6 is 0 Å². The first-order chi connectivity index (χ1) is 19.1. The lowest BCUT2D eigenvalue weighted by molar-refractivity contribution is -0.117. The normalized spacial score (nSPS) is 17.8. The van der Waals surface area contributed by atoms with Gasteiger partial charge in [0.1, 0.15) is 23.4 Å². The molecule has 0 bridgehead atoms. The van der Waals surface area contributed by atoms with Gasteiger partial charge in [0.05, 0.1) is 22.5 Å². The average Bonchev–Trinajstić information content (AvgIpc) is 3.65. The maximum absolute atomic E-state index is 13.0. The summed E-state index contributed by atoms with van der Waals surface area (Å²) in [5.74, 6) is 1.05. The van der Waals surface area contributed by atoms with Gasteiger partial charge in [0.2, 0.25) is 5.91 Å². The Hall–Kier alpha value is -3.77. The first kappa shape index (κ1) is 26.5. The van der Waals surface area contributed by atoms with Crippen molar-refractivity contribution in [1.29, 1.82) is 0 Å². The Morgan fingerprint density at radius 3 is 2.52 bits per heavy atom. The van der Waals surface area contributed by atoms with E-state index in [-0.39, 0.29) is 22.9 Å². The molecule has 12 heteroatoms. The third-order valence-corrected chi connectivity index (χ3v) is 8.80. The van der Waals surface area contributed by atoms with Gasteiger partial charge in [-0.1, -0.05) is 6.07 Å². The Bertz CT molecular complexity index is 1730. The van der Waals surface area contributed by atoms with Crippen LogP contribution in [0.1, 0.15) is 49.9 Å². The van der Waals surface area contributed by atoms with Crippen molar-refractivity contribution in [2.45, 2.75) is 57.1 Å². The van der Waals surface area contributed by atoms with Gasteiger partial charge in [-0.2, -0.15) is 5.10 Å². The van der Waals surface area contributed by atoms with E-state index < -0.39 is 9.84 Å². The number of amides is 1. The second-order valence-electron chi connectivity index (χ2n) is 10.7. The number of aryl methyl sites for hydroxylation is 2. The second-order valence-corrected chi connectivity index (χ2v) is 12.7. The van der Waals surface area contributed by atoms with Crippen LogP contribution in [0.3, 0.4) is 0 Å². The molecule has 1 unspecified atom stereocenters. The molecule has 210 valence electrons. The van der Waals surface area contributed by atoms with Gasteiger partial charge in [0.25, 0.3) is 0 Å². The van der Waals surface area contributed by atoms with Gasteiger partial charge < -0.3 is 15.4 Å². The lowest BCUT2D eigenvalue weighted by atomic mass is 10.1. The van der Waals surface area contributed by atoms with E-state index in [0.29, 0.717) is 35.0 Å². The molecule has 4 aromatic rings. The fraction of sp³-hybridized carbons (Fsp3) is 0.429. The maximum atomic E-state index is 13.0. The number of hydrogen-bond acceptors (Lipinski definition) is 8. The summed E-state index contributed by atoms with van der Waals surface area (Å²) in [5.41, 5.74) is 4.63. The molecule has 2 aliphatic rings. The van der Waals surface area contributed by atoms with Gasteiger partial charge in [-0.05, 0) is 63.6 Å². The molecule has 2 N–H and O–H groups in total. The average molecular weight is 564 g/mol. The minimum Gasteiger partial charge on any atom is -0.358 e. The molecule has 0 spiro atoms. The Morgan fingerprint density at radius 2 is 1.88 bits per heavy atom. The van der Waals surface area contributed by atoms with E-state index in [9.17, 15) is 13.2 Å². The van der Waals surface area contributed by atoms with Crippen LogP contribution in [0.2, 0.25) is 0 Å². The van der Waals surface area contributed by atoms with Crippen LogP contribution in [-0.2, 0) is 26.4 Å². The lowest BCUT2D eigenvalue weighted by Crippen LogP contribution is -2.20. The van der Waals surface area contributed by atoms with Crippen molar-refractivity contribution in [2.75, 3.05) is 23.5 Å². The summed E-state index contributed by atoms with van der Waals surface area (Å²) in [6.45, 7) is 4.50. The van der Waals surface area contributed by atoms with E-state index >= 15 is 0 Å². The largest absolute Gasteiger partial charge is 0.358 e. The highest BCUT2D eigenvalue weighted by Crippen LogP contribution is 2.37. The highest BCUT2D eigenvalue weighted by atomic mass is 32.2. The molecule has 0 radical (unpaired) electrons. The number of nitrogens with one attached hydrogen (secondary N) is 2. The second kappa shape index (κ2) is 10.0. The zero-order valence-electron chi connectivity index (χ0n) is 23.1. The molecule has 1 aliphatic heterocycles. The number of anilines is 3. The van der Waals surface area contributed by atoms with Crippen molar-refractivity contribution in [3.05, 3.63) is 42.0 Å². The Morgan fingerprint density at radius 1 is 1.07 bits per heavy atom. The first-order valence-corrected chi connectivity index (χ1v) is 15.4. The molecular formula is C28H33N7O4S. The van der Waals surface area contributed by atoms with Gasteiger partial charge >= 0.3 is 0 Å². The van der Waals surface area contributed by atoms with Crippen molar-refractivity contribution in [1.82, 2.24) is 24.3 Å². The van der Waals surface area contributed by atoms with Crippen molar-refractivity contribution in [3.63, 3.8) is 0 Å². The number of rotatable bonds is 7. The topological polar surface area (TPSA) is 133 Å². The number of carbonyl (C=O) groups excluding carboxylic acids is 1. The third-order valence-electron chi connectivity index (χ3n) is 7.66.